The standard InChI is InChI=1S/C20H19NO4/c22-19(21-10-9-14-5-1-3-7-17(14)21)13-25-20(23)16-11-15-6-2-4-8-18(15)24-12-16/h1-8,16H,9-13H2. The Balaban J connectivity index is 1.35. The zero-order valence-electron chi connectivity index (χ0n) is 13.8. The third kappa shape index (κ3) is 3.09. The predicted octanol–water partition coefficient (Wildman–Crippen LogP) is 2.37. The number of hydrogen-bond acceptors (Lipinski definition) is 4. The van der Waals surface area contributed by atoms with E-state index in [1.165, 1.54) is 0 Å². The molecule has 0 saturated carbocycles. The number of ether oxygens (including phenoxy) is 2. The van der Waals surface area contributed by atoms with Crippen molar-refractivity contribution in [3.8, 4) is 5.75 Å². The fraction of sp³-hybridized carbons (Fsp3) is 0.300. The molecule has 0 aromatic heterocycles. The van der Waals surface area contributed by atoms with Crippen LogP contribution in [0.1, 0.15) is 11.1 Å². The molecule has 0 radical (unpaired) electrons. The minimum Gasteiger partial charge on any atom is -0.492 e. The van der Waals surface area contributed by atoms with Crippen molar-refractivity contribution in [1.29, 1.82) is 0 Å². The zero-order chi connectivity index (χ0) is 17.2. The van der Waals surface area contributed by atoms with Gasteiger partial charge in [-0.1, -0.05) is 36.4 Å². The highest BCUT2D eigenvalue weighted by atomic mass is 16.5. The first kappa shape index (κ1) is 15.7. The van der Waals surface area contributed by atoms with Crippen LogP contribution in [0, 0.1) is 5.92 Å². The smallest absolute Gasteiger partial charge is 0.313 e. The lowest BCUT2D eigenvalue weighted by Gasteiger charge is -2.24. The van der Waals surface area contributed by atoms with E-state index in [-0.39, 0.29) is 31.0 Å². The van der Waals surface area contributed by atoms with Gasteiger partial charge in [0.2, 0.25) is 0 Å². The van der Waals surface area contributed by atoms with Crippen molar-refractivity contribution in [3.63, 3.8) is 0 Å². The van der Waals surface area contributed by atoms with E-state index in [1.54, 1.807) is 4.90 Å². The van der Waals surface area contributed by atoms with Crippen LogP contribution >= 0.6 is 0 Å². The first-order chi connectivity index (χ1) is 12.2. The quantitative estimate of drug-likeness (QED) is 0.807. The Kier molecular flexibility index (Phi) is 4.14. The average molecular weight is 337 g/mol. The van der Waals surface area contributed by atoms with Gasteiger partial charge < -0.3 is 14.4 Å². The van der Waals surface area contributed by atoms with Gasteiger partial charge in [0.25, 0.3) is 5.91 Å². The highest BCUT2D eigenvalue weighted by molar-refractivity contribution is 5.97. The maximum Gasteiger partial charge on any atom is 0.313 e. The molecular formula is C20H19NO4. The number of para-hydroxylation sites is 2. The molecule has 2 aromatic rings. The molecule has 2 heterocycles. The second-order valence-electron chi connectivity index (χ2n) is 6.35. The van der Waals surface area contributed by atoms with Gasteiger partial charge >= 0.3 is 5.97 Å². The highest BCUT2D eigenvalue weighted by Gasteiger charge is 2.29. The Morgan fingerprint density at radius 1 is 1.08 bits per heavy atom. The molecule has 2 aliphatic heterocycles. The van der Waals surface area contributed by atoms with Crippen LogP contribution in [0.15, 0.2) is 48.5 Å². The van der Waals surface area contributed by atoms with Crippen LogP contribution in [-0.2, 0) is 27.2 Å². The van der Waals surface area contributed by atoms with Gasteiger partial charge in [-0.15, -0.1) is 0 Å². The highest BCUT2D eigenvalue weighted by Crippen LogP contribution is 2.28. The summed E-state index contributed by atoms with van der Waals surface area (Å²) < 4.78 is 10.9. The fourth-order valence-corrected chi connectivity index (χ4v) is 3.41. The van der Waals surface area contributed by atoms with Gasteiger partial charge in [-0.2, -0.15) is 0 Å². The molecule has 128 valence electrons. The molecule has 1 unspecified atom stereocenters. The van der Waals surface area contributed by atoms with Crippen molar-refractivity contribution < 1.29 is 19.1 Å². The lowest BCUT2D eigenvalue weighted by Crippen LogP contribution is -2.36. The maximum atomic E-state index is 12.4. The molecular weight excluding hydrogens is 318 g/mol. The number of amides is 1. The van der Waals surface area contributed by atoms with Crippen LogP contribution in [-0.4, -0.2) is 31.6 Å². The monoisotopic (exact) mass is 337 g/mol. The van der Waals surface area contributed by atoms with Crippen LogP contribution < -0.4 is 9.64 Å². The maximum absolute atomic E-state index is 12.4. The summed E-state index contributed by atoms with van der Waals surface area (Å²) in [5.74, 6) is -0.115. The van der Waals surface area contributed by atoms with Crippen molar-refractivity contribution >= 4 is 17.6 Å². The second kappa shape index (κ2) is 6.59. The van der Waals surface area contributed by atoms with Crippen LogP contribution in [0.5, 0.6) is 5.75 Å². The predicted molar refractivity (Wildman–Crippen MR) is 92.6 cm³/mol. The molecule has 4 rings (SSSR count). The van der Waals surface area contributed by atoms with Crippen molar-refractivity contribution in [3.05, 3.63) is 59.7 Å². The van der Waals surface area contributed by atoms with Gasteiger partial charge in [-0.3, -0.25) is 9.59 Å². The van der Waals surface area contributed by atoms with Crippen LogP contribution in [0.25, 0.3) is 0 Å². The molecule has 2 aliphatic rings. The SMILES string of the molecule is O=C(OCC(=O)N1CCc2ccccc21)C1COc2ccccc2C1. The van der Waals surface area contributed by atoms with E-state index in [0.717, 1.165) is 29.0 Å². The molecule has 5 nitrogen and oxygen atoms in total. The van der Waals surface area contributed by atoms with Crippen molar-refractivity contribution in [1.82, 2.24) is 0 Å². The largest absolute Gasteiger partial charge is 0.492 e. The summed E-state index contributed by atoms with van der Waals surface area (Å²) in [5.41, 5.74) is 3.06. The Morgan fingerprint density at radius 2 is 1.84 bits per heavy atom. The second-order valence-corrected chi connectivity index (χ2v) is 6.35. The van der Waals surface area contributed by atoms with E-state index in [4.69, 9.17) is 9.47 Å². The summed E-state index contributed by atoms with van der Waals surface area (Å²) in [6, 6.07) is 15.5. The molecule has 0 aliphatic carbocycles. The number of anilines is 1. The average Bonchev–Trinajstić information content (AvgIpc) is 3.09. The van der Waals surface area contributed by atoms with Crippen molar-refractivity contribution in [2.45, 2.75) is 12.8 Å². The first-order valence-electron chi connectivity index (χ1n) is 8.48. The van der Waals surface area contributed by atoms with E-state index in [9.17, 15) is 9.59 Å². The molecule has 0 saturated heterocycles. The van der Waals surface area contributed by atoms with Gasteiger partial charge in [0, 0.05) is 12.2 Å². The van der Waals surface area contributed by atoms with Crippen molar-refractivity contribution in [2.24, 2.45) is 5.92 Å². The van der Waals surface area contributed by atoms with E-state index < -0.39 is 0 Å². The zero-order valence-corrected chi connectivity index (χ0v) is 13.8. The van der Waals surface area contributed by atoms with Crippen LogP contribution in [0.3, 0.4) is 0 Å². The number of hydrogen-bond donors (Lipinski definition) is 0. The van der Waals surface area contributed by atoms with Gasteiger partial charge in [0.1, 0.15) is 12.4 Å². The third-order valence-corrected chi connectivity index (χ3v) is 4.74. The number of carbonyl (C=O) groups excluding carboxylic acids is 2. The number of carbonyl (C=O) groups is 2. The molecule has 0 fully saturated rings. The molecule has 2 aromatic carbocycles. The van der Waals surface area contributed by atoms with Gasteiger partial charge in [0.15, 0.2) is 6.61 Å². The minimum absolute atomic E-state index is 0.185. The Labute approximate surface area is 146 Å². The molecule has 0 N–H and O–H groups in total. The third-order valence-electron chi connectivity index (χ3n) is 4.74. The van der Waals surface area contributed by atoms with Crippen LogP contribution in [0.4, 0.5) is 5.69 Å². The number of benzene rings is 2. The normalized spacial score (nSPS) is 18.1. The minimum atomic E-state index is -0.379. The Bertz CT molecular complexity index is 817. The summed E-state index contributed by atoms with van der Waals surface area (Å²) >= 11 is 0. The van der Waals surface area contributed by atoms with Gasteiger partial charge in [0.05, 0.1) is 5.92 Å². The number of fused-ring (bicyclic) bond motifs is 2. The van der Waals surface area contributed by atoms with Crippen molar-refractivity contribution in [2.75, 3.05) is 24.7 Å². The van der Waals surface area contributed by atoms with E-state index >= 15 is 0 Å². The number of nitrogens with zero attached hydrogens (tertiary/aromatic N) is 1. The molecule has 1 amide bonds. The van der Waals surface area contributed by atoms with Gasteiger partial charge in [-0.25, -0.2) is 0 Å². The lowest BCUT2D eigenvalue weighted by molar-refractivity contribution is -0.153. The Hall–Kier alpha value is -2.82. The number of rotatable bonds is 3. The summed E-state index contributed by atoms with van der Waals surface area (Å²) in [7, 11) is 0. The summed E-state index contributed by atoms with van der Waals surface area (Å²) in [5, 5.41) is 0. The Morgan fingerprint density at radius 3 is 2.72 bits per heavy atom. The summed E-state index contributed by atoms with van der Waals surface area (Å²) in [4.78, 5) is 26.4. The van der Waals surface area contributed by atoms with Crippen LogP contribution in [0.2, 0.25) is 0 Å². The topological polar surface area (TPSA) is 55.8 Å². The molecule has 25 heavy (non-hydrogen) atoms. The number of esters is 1. The van der Waals surface area contributed by atoms with Gasteiger partial charge in [-0.05, 0) is 36.1 Å². The molecule has 1 atom stereocenters. The van der Waals surface area contributed by atoms with E-state index in [0.29, 0.717) is 13.0 Å². The molecule has 5 heteroatoms. The molecule has 0 bridgehead atoms. The van der Waals surface area contributed by atoms with E-state index in [1.807, 2.05) is 48.5 Å². The fourth-order valence-electron chi connectivity index (χ4n) is 3.41. The summed E-state index contributed by atoms with van der Waals surface area (Å²) in [6.07, 6.45) is 1.42. The van der Waals surface area contributed by atoms with E-state index in [2.05, 4.69) is 0 Å². The molecule has 0 spiro atoms. The first-order valence-corrected chi connectivity index (χ1v) is 8.48. The lowest BCUT2D eigenvalue weighted by atomic mass is 9.97. The summed E-state index contributed by atoms with van der Waals surface area (Å²) in [6.45, 7) is 0.692.